The fourth-order valence-corrected chi connectivity index (χ4v) is 3.37. The molecule has 144 valence electrons. The molecule has 8 heteroatoms. The molecule has 0 saturated heterocycles. The fourth-order valence-electron chi connectivity index (χ4n) is 2.61. The van der Waals surface area contributed by atoms with Gasteiger partial charge in [-0.1, -0.05) is 12.1 Å². The largest absolute Gasteiger partial charge is 0.486 e. The van der Waals surface area contributed by atoms with Crippen LogP contribution in [-0.2, 0) is 11.0 Å². The molecule has 1 amide bonds. The summed E-state index contributed by atoms with van der Waals surface area (Å²) >= 11 is 1.06. The lowest BCUT2D eigenvalue weighted by molar-refractivity contribution is -0.137. The number of carbonyl (C=O) groups is 1. The van der Waals surface area contributed by atoms with Gasteiger partial charge in [-0.15, -0.1) is 11.8 Å². The molecule has 0 bridgehead atoms. The van der Waals surface area contributed by atoms with Crippen molar-refractivity contribution in [1.29, 1.82) is 0 Å². The Balaban J connectivity index is 1.56. The van der Waals surface area contributed by atoms with E-state index in [0.29, 0.717) is 29.6 Å². The highest BCUT2D eigenvalue weighted by atomic mass is 32.2. The molecular formula is C19H18F3NO3S. The van der Waals surface area contributed by atoms with Crippen molar-refractivity contribution in [2.75, 3.05) is 19.0 Å². The fraction of sp³-hybridized carbons (Fsp3) is 0.316. The number of ether oxygens (including phenoxy) is 2. The molecule has 3 rings (SSSR count). The second-order valence-electron chi connectivity index (χ2n) is 6.01. The maximum atomic E-state index is 12.7. The lowest BCUT2D eigenvalue weighted by Gasteiger charge is -2.21. The monoisotopic (exact) mass is 397 g/mol. The van der Waals surface area contributed by atoms with E-state index in [1.165, 1.54) is 6.07 Å². The van der Waals surface area contributed by atoms with Crippen LogP contribution in [0.5, 0.6) is 11.5 Å². The van der Waals surface area contributed by atoms with Gasteiger partial charge >= 0.3 is 6.18 Å². The van der Waals surface area contributed by atoms with Crippen LogP contribution < -0.4 is 14.8 Å². The summed E-state index contributed by atoms with van der Waals surface area (Å²) in [6.07, 6.45) is -4.40. The summed E-state index contributed by atoms with van der Waals surface area (Å²) < 4.78 is 49.2. The van der Waals surface area contributed by atoms with Crippen LogP contribution in [-0.4, -0.2) is 24.9 Å². The smallest absolute Gasteiger partial charge is 0.416 e. The highest BCUT2D eigenvalue weighted by molar-refractivity contribution is 8.00. The highest BCUT2D eigenvalue weighted by Gasteiger charge is 2.30. The lowest BCUT2D eigenvalue weighted by Crippen LogP contribution is -2.28. The van der Waals surface area contributed by atoms with E-state index in [9.17, 15) is 18.0 Å². The number of benzene rings is 2. The van der Waals surface area contributed by atoms with Gasteiger partial charge in [-0.25, -0.2) is 0 Å². The highest BCUT2D eigenvalue weighted by Crippen LogP contribution is 2.33. The summed E-state index contributed by atoms with van der Waals surface area (Å²) in [4.78, 5) is 12.6. The van der Waals surface area contributed by atoms with Crippen molar-refractivity contribution in [3.05, 3.63) is 53.6 Å². The van der Waals surface area contributed by atoms with Gasteiger partial charge < -0.3 is 14.8 Å². The molecular weight excluding hydrogens is 379 g/mol. The molecule has 1 heterocycles. The van der Waals surface area contributed by atoms with Crippen molar-refractivity contribution < 1.29 is 27.4 Å². The third-order valence-electron chi connectivity index (χ3n) is 3.98. The van der Waals surface area contributed by atoms with Gasteiger partial charge in [-0.2, -0.15) is 13.2 Å². The Hall–Kier alpha value is -2.35. The van der Waals surface area contributed by atoms with Crippen LogP contribution in [0.15, 0.2) is 47.4 Å². The van der Waals surface area contributed by atoms with Crippen molar-refractivity contribution in [1.82, 2.24) is 5.32 Å². The maximum Gasteiger partial charge on any atom is 0.416 e. The molecule has 1 atom stereocenters. The molecule has 2 aromatic rings. The quantitative estimate of drug-likeness (QED) is 0.758. The molecule has 1 aliphatic heterocycles. The van der Waals surface area contributed by atoms with Crippen molar-refractivity contribution in [2.45, 2.75) is 24.0 Å². The Morgan fingerprint density at radius 2 is 1.89 bits per heavy atom. The summed E-state index contributed by atoms with van der Waals surface area (Å²) in [5.74, 6) is 1.07. The third kappa shape index (κ3) is 5.09. The van der Waals surface area contributed by atoms with Gasteiger partial charge in [0.05, 0.1) is 17.4 Å². The first-order valence-corrected chi connectivity index (χ1v) is 9.30. The van der Waals surface area contributed by atoms with Crippen LogP contribution in [0.4, 0.5) is 13.2 Å². The number of carbonyl (C=O) groups excluding carboxylic acids is 1. The van der Waals surface area contributed by atoms with E-state index < -0.39 is 11.7 Å². The first-order chi connectivity index (χ1) is 12.8. The number of alkyl halides is 3. The second-order valence-corrected chi connectivity index (χ2v) is 7.06. The van der Waals surface area contributed by atoms with Gasteiger partial charge in [0.15, 0.2) is 11.5 Å². The molecule has 1 N–H and O–H groups in total. The van der Waals surface area contributed by atoms with E-state index in [2.05, 4.69) is 5.32 Å². The van der Waals surface area contributed by atoms with Gasteiger partial charge in [0.25, 0.3) is 0 Å². The molecule has 2 aromatic carbocycles. The van der Waals surface area contributed by atoms with Crippen molar-refractivity contribution in [2.24, 2.45) is 0 Å². The third-order valence-corrected chi connectivity index (χ3v) is 4.97. The van der Waals surface area contributed by atoms with Crippen molar-refractivity contribution in [3.63, 3.8) is 0 Å². The van der Waals surface area contributed by atoms with Crippen molar-refractivity contribution >= 4 is 17.7 Å². The van der Waals surface area contributed by atoms with Gasteiger partial charge in [-0.3, -0.25) is 4.79 Å². The predicted molar refractivity (Wildman–Crippen MR) is 96.2 cm³/mol. The molecule has 0 saturated carbocycles. The van der Waals surface area contributed by atoms with Crippen LogP contribution in [0.25, 0.3) is 0 Å². The molecule has 0 spiro atoms. The molecule has 0 unspecified atom stereocenters. The Kier molecular flexibility index (Phi) is 5.84. The zero-order chi connectivity index (χ0) is 19.4. The molecule has 0 fully saturated rings. The van der Waals surface area contributed by atoms with Crippen LogP contribution >= 0.6 is 11.8 Å². The summed E-state index contributed by atoms with van der Waals surface area (Å²) in [6.45, 7) is 2.81. The number of amides is 1. The molecule has 1 aliphatic rings. The lowest BCUT2D eigenvalue weighted by atomic mass is 10.1. The normalized spacial score (nSPS) is 14.5. The summed E-state index contributed by atoms with van der Waals surface area (Å²) in [7, 11) is 0. The standard InChI is InChI=1S/C19H18F3NO3S/c1-12(13-5-6-16-17(9-13)26-8-7-25-16)23-18(24)11-27-15-4-2-3-14(10-15)19(20,21)22/h2-6,9-10,12H,7-8,11H2,1H3,(H,23,24)/t12-/m1/s1. The summed E-state index contributed by atoms with van der Waals surface area (Å²) in [5.41, 5.74) is 0.134. The minimum Gasteiger partial charge on any atom is -0.486 e. The summed E-state index contributed by atoms with van der Waals surface area (Å²) in [6, 6.07) is 10.1. The van der Waals surface area contributed by atoms with E-state index in [4.69, 9.17) is 9.47 Å². The Morgan fingerprint density at radius 3 is 2.63 bits per heavy atom. The zero-order valence-corrected chi connectivity index (χ0v) is 15.3. The number of thioether (sulfide) groups is 1. The Bertz CT molecular complexity index is 826. The first-order valence-electron chi connectivity index (χ1n) is 8.32. The van der Waals surface area contributed by atoms with E-state index in [0.717, 1.165) is 29.5 Å². The van der Waals surface area contributed by atoms with Crippen LogP contribution in [0.1, 0.15) is 24.1 Å². The van der Waals surface area contributed by atoms with E-state index in [1.807, 2.05) is 19.1 Å². The Morgan fingerprint density at radius 1 is 1.15 bits per heavy atom. The number of hydrogen-bond donors (Lipinski definition) is 1. The second kappa shape index (κ2) is 8.12. The SMILES string of the molecule is C[C@@H](NC(=O)CSc1cccc(C(F)(F)F)c1)c1ccc2c(c1)OCCO2. The van der Waals surface area contributed by atoms with Crippen LogP contribution in [0.3, 0.4) is 0 Å². The van der Waals surface area contributed by atoms with Crippen LogP contribution in [0.2, 0.25) is 0 Å². The molecule has 0 aromatic heterocycles. The average molecular weight is 397 g/mol. The van der Waals surface area contributed by atoms with E-state index >= 15 is 0 Å². The average Bonchev–Trinajstić information content (AvgIpc) is 2.65. The maximum absolute atomic E-state index is 12.7. The first kappa shape index (κ1) is 19.4. The van der Waals surface area contributed by atoms with Crippen LogP contribution in [0, 0.1) is 0 Å². The number of fused-ring (bicyclic) bond motifs is 1. The van der Waals surface area contributed by atoms with Gasteiger partial charge in [-0.05, 0) is 42.8 Å². The minimum absolute atomic E-state index is 0.0240. The minimum atomic E-state index is -4.40. The molecule has 0 aliphatic carbocycles. The number of hydrogen-bond acceptors (Lipinski definition) is 4. The number of rotatable bonds is 5. The topological polar surface area (TPSA) is 47.6 Å². The predicted octanol–water partition coefficient (Wildman–Crippen LogP) is 4.45. The van der Waals surface area contributed by atoms with E-state index in [1.54, 1.807) is 12.1 Å². The van der Waals surface area contributed by atoms with Gasteiger partial charge in [0.2, 0.25) is 5.91 Å². The number of nitrogens with one attached hydrogen (secondary N) is 1. The zero-order valence-electron chi connectivity index (χ0n) is 14.5. The van der Waals surface area contributed by atoms with Gasteiger partial charge in [0.1, 0.15) is 13.2 Å². The molecule has 27 heavy (non-hydrogen) atoms. The molecule has 4 nitrogen and oxygen atoms in total. The number of halogens is 3. The van der Waals surface area contributed by atoms with E-state index in [-0.39, 0.29) is 17.7 Å². The Labute approximate surface area is 159 Å². The summed E-state index contributed by atoms with van der Waals surface area (Å²) in [5, 5.41) is 2.84. The molecule has 0 radical (unpaired) electrons. The van der Waals surface area contributed by atoms with Crippen molar-refractivity contribution in [3.8, 4) is 11.5 Å². The van der Waals surface area contributed by atoms with Gasteiger partial charge in [0, 0.05) is 4.90 Å².